The molecule has 3 N–H and O–H groups in total. The minimum Gasteiger partial charge on any atom is -0.315 e. The van der Waals surface area contributed by atoms with Crippen molar-refractivity contribution < 1.29 is 9.59 Å². The molecule has 1 atom stereocenters. The number of nitrogens with zero attached hydrogens (tertiary/aromatic N) is 5. The van der Waals surface area contributed by atoms with Gasteiger partial charge in [-0.05, 0) is 12.8 Å². The van der Waals surface area contributed by atoms with Crippen LogP contribution in [0.1, 0.15) is 19.3 Å². The molecule has 0 unspecified atom stereocenters. The van der Waals surface area contributed by atoms with Crippen molar-refractivity contribution in [2.24, 2.45) is 5.84 Å². The van der Waals surface area contributed by atoms with Crippen molar-refractivity contribution in [1.29, 1.82) is 5.26 Å². The first-order valence-corrected chi connectivity index (χ1v) is 11.1. The average molecular weight is 476 g/mol. The van der Waals surface area contributed by atoms with Crippen LogP contribution >= 0.6 is 35.8 Å². The SMILES string of the molecule is Cl.N#C[C@@H]1CSCN1C(=O)CN(N)C1CCN(CC(=O)NN2C=CCC(Cl)=C2)CC1. The van der Waals surface area contributed by atoms with Crippen molar-refractivity contribution in [3.8, 4) is 6.07 Å². The van der Waals surface area contributed by atoms with E-state index in [1.165, 1.54) is 0 Å². The average Bonchev–Trinajstić information content (AvgIpc) is 3.17. The van der Waals surface area contributed by atoms with E-state index in [1.54, 1.807) is 39.1 Å². The molecule has 3 aliphatic rings. The van der Waals surface area contributed by atoms with Gasteiger partial charge in [0.25, 0.3) is 5.91 Å². The van der Waals surface area contributed by atoms with Crippen molar-refractivity contribution in [2.75, 3.05) is 37.8 Å². The molecule has 0 aromatic carbocycles. The van der Waals surface area contributed by atoms with Gasteiger partial charge < -0.3 is 4.90 Å². The summed E-state index contributed by atoms with van der Waals surface area (Å²) in [6.07, 6.45) is 7.57. The monoisotopic (exact) mass is 475 g/mol. The number of hydrogen-bond acceptors (Lipinski definition) is 8. The predicted molar refractivity (Wildman–Crippen MR) is 119 cm³/mol. The summed E-state index contributed by atoms with van der Waals surface area (Å²) in [6.45, 7) is 1.86. The normalized spacial score (nSPS) is 22.5. The first kappa shape index (κ1) is 24.8. The Labute approximate surface area is 192 Å². The second-order valence-corrected chi connectivity index (χ2v) is 8.78. The molecule has 0 spiro atoms. The lowest BCUT2D eigenvalue weighted by atomic mass is 10.0. The van der Waals surface area contributed by atoms with Crippen molar-refractivity contribution in [2.45, 2.75) is 31.3 Å². The Morgan fingerprint density at radius 3 is 2.80 bits per heavy atom. The van der Waals surface area contributed by atoms with Gasteiger partial charge in [-0.2, -0.15) is 5.26 Å². The van der Waals surface area contributed by atoms with E-state index in [1.807, 2.05) is 6.08 Å². The summed E-state index contributed by atoms with van der Waals surface area (Å²) in [4.78, 5) is 28.4. The number of likely N-dealkylation sites (tertiary alicyclic amines) is 1. The summed E-state index contributed by atoms with van der Waals surface area (Å²) in [5.74, 6) is 7.14. The second-order valence-electron chi connectivity index (χ2n) is 7.30. The number of halogens is 2. The molecule has 3 heterocycles. The Morgan fingerprint density at radius 1 is 1.40 bits per heavy atom. The number of nitrogens with two attached hydrogens (primary N) is 1. The number of carbonyl (C=O) groups is 2. The highest BCUT2D eigenvalue weighted by Gasteiger charge is 2.31. The number of nitriles is 1. The van der Waals surface area contributed by atoms with Gasteiger partial charge in [0, 0.05) is 48.7 Å². The number of hydrogen-bond donors (Lipinski definition) is 2. The van der Waals surface area contributed by atoms with Gasteiger partial charge in [-0.25, -0.2) is 5.01 Å². The van der Waals surface area contributed by atoms with Gasteiger partial charge in [-0.1, -0.05) is 17.7 Å². The fourth-order valence-electron chi connectivity index (χ4n) is 3.56. The maximum absolute atomic E-state index is 12.4. The number of hydrazine groups is 2. The van der Waals surface area contributed by atoms with Crippen LogP contribution < -0.4 is 11.3 Å². The van der Waals surface area contributed by atoms with E-state index in [2.05, 4.69) is 16.4 Å². The second kappa shape index (κ2) is 11.8. The third kappa shape index (κ3) is 6.77. The molecular formula is C18H27Cl2N7O2S. The van der Waals surface area contributed by atoms with Crippen molar-refractivity contribution in [3.63, 3.8) is 0 Å². The lowest BCUT2D eigenvalue weighted by Crippen LogP contribution is -2.53. The van der Waals surface area contributed by atoms with Crippen LogP contribution in [0.5, 0.6) is 0 Å². The highest BCUT2D eigenvalue weighted by molar-refractivity contribution is 7.99. The summed E-state index contributed by atoms with van der Waals surface area (Å²) in [6, 6.07) is 1.89. The Bertz CT molecular complexity index is 722. The van der Waals surface area contributed by atoms with Gasteiger partial charge in [0.05, 0.1) is 25.0 Å². The highest BCUT2D eigenvalue weighted by atomic mass is 35.5. The van der Waals surface area contributed by atoms with Crippen molar-refractivity contribution in [3.05, 3.63) is 23.5 Å². The molecule has 2 amide bonds. The lowest BCUT2D eigenvalue weighted by molar-refractivity contribution is -0.132. The molecule has 12 heteroatoms. The topological polar surface area (TPSA) is 109 Å². The summed E-state index contributed by atoms with van der Waals surface area (Å²) in [5, 5.41) is 13.0. The van der Waals surface area contributed by atoms with Crippen LogP contribution in [-0.4, -0.2) is 81.5 Å². The zero-order chi connectivity index (χ0) is 20.8. The smallest absolute Gasteiger partial charge is 0.252 e. The molecule has 0 aromatic heterocycles. The van der Waals surface area contributed by atoms with Crippen LogP contribution in [0.25, 0.3) is 0 Å². The van der Waals surface area contributed by atoms with E-state index in [0.717, 1.165) is 25.9 Å². The number of piperidine rings is 1. The molecular weight excluding hydrogens is 449 g/mol. The van der Waals surface area contributed by atoms with E-state index in [-0.39, 0.29) is 42.8 Å². The molecule has 0 saturated carbocycles. The number of allylic oxidation sites excluding steroid dienone is 2. The zero-order valence-electron chi connectivity index (χ0n) is 16.6. The number of carbonyl (C=O) groups excluding carboxylic acids is 2. The van der Waals surface area contributed by atoms with Crippen LogP contribution in [0.3, 0.4) is 0 Å². The van der Waals surface area contributed by atoms with Gasteiger partial charge in [0.15, 0.2) is 0 Å². The highest BCUT2D eigenvalue weighted by Crippen LogP contribution is 2.21. The molecule has 2 saturated heterocycles. The van der Waals surface area contributed by atoms with Crippen LogP contribution in [0, 0.1) is 11.3 Å². The minimum absolute atomic E-state index is 0. The first-order valence-electron chi connectivity index (χ1n) is 9.57. The lowest BCUT2D eigenvalue weighted by Gasteiger charge is -2.36. The summed E-state index contributed by atoms with van der Waals surface area (Å²) in [7, 11) is 0. The van der Waals surface area contributed by atoms with Crippen LogP contribution in [0.15, 0.2) is 23.5 Å². The Hall–Kier alpha value is -1.48. The molecule has 0 aliphatic carbocycles. The molecule has 0 bridgehead atoms. The number of nitrogens with one attached hydrogen (secondary N) is 1. The third-order valence-electron chi connectivity index (χ3n) is 5.17. The standard InChI is InChI=1S/C18H26ClN7O2S.ClH/c19-14-2-1-5-24(9-14)22-17(27)10-23-6-3-15(4-7-23)26(21)11-18(28)25-13-29-12-16(25)8-20;/h1,5,9,15-16H,2-4,6-7,10-13,21H2,(H,22,27);1H/t16-;/m1./s1. The summed E-state index contributed by atoms with van der Waals surface area (Å²) < 4.78 is 0. The number of thioether (sulfide) groups is 1. The molecule has 30 heavy (non-hydrogen) atoms. The first-order chi connectivity index (χ1) is 14.0. The van der Waals surface area contributed by atoms with Crippen molar-refractivity contribution in [1.82, 2.24) is 25.2 Å². The molecule has 9 nitrogen and oxygen atoms in total. The molecule has 3 aliphatic heterocycles. The molecule has 2 fully saturated rings. The number of amides is 2. The third-order valence-corrected chi connectivity index (χ3v) is 6.44. The van der Waals surface area contributed by atoms with E-state index < -0.39 is 0 Å². The van der Waals surface area contributed by atoms with E-state index in [4.69, 9.17) is 22.7 Å². The van der Waals surface area contributed by atoms with Gasteiger partial charge >= 0.3 is 0 Å². The number of rotatable bonds is 6. The minimum atomic E-state index is -0.360. The Morgan fingerprint density at radius 2 is 2.13 bits per heavy atom. The maximum atomic E-state index is 12.4. The molecule has 0 radical (unpaired) electrons. The van der Waals surface area contributed by atoms with Crippen LogP contribution in [-0.2, 0) is 9.59 Å². The predicted octanol–water partition coefficient (Wildman–Crippen LogP) is 0.804. The van der Waals surface area contributed by atoms with Gasteiger partial charge in [-0.15, -0.1) is 24.2 Å². The van der Waals surface area contributed by atoms with Gasteiger partial charge in [0.2, 0.25) is 5.91 Å². The quantitative estimate of drug-likeness (QED) is 0.428. The van der Waals surface area contributed by atoms with Crippen LogP contribution in [0.4, 0.5) is 0 Å². The van der Waals surface area contributed by atoms with Gasteiger partial charge in [0.1, 0.15) is 6.04 Å². The zero-order valence-corrected chi connectivity index (χ0v) is 19.0. The van der Waals surface area contributed by atoms with E-state index >= 15 is 0 Å². The Kier molecular flexibility index (Phi) is 9.74. The summed E-state index contributed by atoms with van der Waals surface area (Å²) in [5.41, 5.74) is 2.79. The van der Waals surface area contributed by atoms with E-state index in [9.17, 15) is 9.59 Å². The van der Waals surface area contributed by atoms with Crippen LogP contribution in [0.2, 0.25) is 0 Å². The molecule has 3 rings (SSSR count). The molecule has 166 valence electrons. The van der Waals surface area contributed by atoms with Gasteiger partial charge in [-0.3, -0.25) is 30.8 Å². The fourth-order valence-corrected chi connectivity index (χ4v) is 4.86. The summed E-state index contributed by atoms with van der Waals surface area (Å²) >= 11 is 7.56. The fraction of sp³-hybridized carbons (Fsp3) is 0.611. The molecule has 0 aromatic rings. The van der Waals surface area contributed by atoms with E-state index in [0.29, 0.717) is 29.6 Å². The van der Waals surface area contributed by atoms with Crippen molar-refractivity contribution >= 4 is 47.6 Å². The largest absolute Gasteiger partial charge is 0.315 e. The Balaban J connectivity index is 0.00000320. The maximum Gasteiger partial charge on any atom is 0.252 e.